The van der Waals surface area contributed by atoms with Crippen LogP contribution in [0.3, 0.4) is 0 Å². The molecular weight excluding hydrogens is 319 g/mol. The van der Waals surface area contributed by atoms with Gasteiger partial charge in [-0.25, -0.2) is 0 Å². The van der Waals surface area contributed by atoms with E-state index in [-0.39, 0.29) is 0 Å². The summed E-state index contributed by atoms with van der Waals surface area (Å²) in [6.45, 7) is 0. The maximum atomic E-state index is 5.44. The lowest BCUT2D eigenvalue weighted by Crippen LogP contribution is -1.61. The fourth-order valence-corrected chi connectivity index (χ4v) is 1.92. The molecule has 0 N–H and O–H groups in total. The molecule has 1 aromatic carbocycles. The first-order chi connectivity index (χ1) is 5.29. The summed E-state index contributed by atoms with van der Waals surface area (Å²) in [6, 6.07) is 7.96. The zero-order valence-corrected chi connectivity index (χ0v) is 9.22. The summed E-state index contributed by atoms with van der Waals surface area (Å²) >= 11 is 5.61. The third-order valence-corrected chi connectivity index (χ3v) is 3.78. The summed E-state index contributed by atoms with van der Waals surface area (Å²) in [5.41, 5.74) is 0.934. The van der Waals surface area contributed by atoms with Gasteiger partial charge in [0.15, 0.2) is 3.77 Å². The fourth-order valence-electron chi connectivity index (χ4n) is 0.984. The largest absolute Gasteiger partial charge is 0.449 e. The molecule has 1 aromatic heterocycles. The van der Waals surface area contributed by atoms with Crippen LogP contribution in [0.25, 0.3) is 11.0 Å². The molecule has 2 aromatic rings. The Balaban J connectivity index is 2.92. The van der Waals surface area contributed by atoms with Crippen LogP contribution < -0.4 is 0 Å². The van der Waals surface area contributed by atoms with Gasteiger partial charge in [0.25, 0.3) is 0 Å². The van der Waals surface area contributed by atoms with E-state index in [4.69, 9.17) is 4.42 Å². The molecule has 3 heteroatoms. The first-order valence-electron chi connectivity index (χ1n) is 3.11. The Morgan fingerprint density at radius 3 is 2.73 bits per heavy atom. The standard InChI is InChI=1S/C8H4BrIO/c9-7-5-3-1-2-4-6(5)11-8(7)10/h1-4H. The van der Waals surface area contributed by atoms with Crippen LogP contribution in [-0.4, -0.2) is 0 Å². The molecule has 0 aliphatic rings. The average Bonchev–Trinajstić information content (AvgIpc) is 2.30. The van der Waals surface area contributed by atoms with Gasteiger partial charge in [-0.15, -0.1) is 0 Å². The molecule has 0 saturated carbocycles. The second-order valence-corrected chi connectivity index (χ2v) is 3.96. The van der Waals surface area contributed by atoms with E-state index in [9.17, 15) is 0 Å². The highest BCUT2D eigenvalue weighted by atomic mass is 127. The molecule has 0 saturated heterocycles. The van der Waals surface area contributed by atoms with E-state index < -0.39 is 0 Å². The van der Waals surface area contributed by atoms with E-state index in [0.29, 0.717) is 0 Å². The van der Waals surface area contributed by atoms with Crippen LogP contribution in [0, 0.1) is 3.77 Å². The maximum Gasteiger partial charge on any atom is 0.179 e. The van der Waals surface area contributed by atoms with Crippen molar-refractivity contribution in [2.75, 3.05) is 0 Å². The predicted molar refractivity (Wildman–Crippen MR) is 56.6 cm³/mol. The molecule has 56 valence electrons. The molecule has 0 bridgehead atoms. The van der Waals surface area contributed by atoms with E-state index in [2.05, 4.69) is 38.5 Å². The minimum atomic E-state index is 0.906. The molecule has 2 rings (SSSR count). The highest BCUT2D eigenvalue weighted by Crippen LogP contribution is 2.31. The van der Waals surface area contributed by atoms with Crippen LogP contribution in [0.4, 0.5) is 0 Å². The van der Waals surface area contributed by atoms with Crippen molar-refractivity contribution in [3.63, 3.8) is 0 Å². The lowest BCUT2D eigenvalue weighted by molar-refractivity contribution is 0.581. The molecule has 0 atom stereocenters. The fraction of sp³-hybridized carbons (Fsp3) is 0. The molecule has 0 aliphatic carbocycles. The third-order valence-electron chi connectivity index (χ3n) is 1.50. The van der Waals surface area contributed by atoms with Crippen LogP contribution in [0.15, 0.2) is 33.2 Å². The van der Waals surface area contributed by atoms with Crippen molar-refractivity contribution in [3.8, 4) is 0 Å². The number of rotatable bonds is 0. The molecule has 0 aliphatic heterocycles. The number of hydrogen-bond acceptors (Lipinski definition) is 1. The molecule has 0 radical (unpaired) electrons. The molecule has 0 spiro atoms. The zero-order chi connectivity index (χ0) is 7.84. The number of halogens is 2. The first kappa shape index (κ1) is 7.61. The summed E-state index contributed by atoms with van der Waals surface area (Å²) in [7, 11) is 0. The van der Waals surface area contributed by atoms with Gasteiger partial charge in [0.2, 0.25) is 0 Å². The lowest BCUT2D eigenvalue weighted by atomic mass is 10.3. The van der Waals surface area contributed by atoms with E-state index in [1.54, 1.807) is 0 Å². The van der Waals surface area contributed by atoms with Crippen molar-refractivity contribution in [1.29, 1.82) is 0 Å². The minimum absolute atomic E-state index is 0.906. The van der Waals surface area contributed by atoms with Crippen molar-refractivity contribution in [1.82, 2.24) is 0 Å². The van der Waals surface area contributed by atoms with Crippen LogP contribution in [-0.2, 0) is 0 Å². The van der Waals surface area contributed by atoms with Crippen LogP contribution in [0.5, 0.6) is 0 Å². The minimum Gasteiger partial charge on any atom is -0.449 e. The predicted octanol–water partition coefficient (Wildman–Crippen LogP) is 3.80. The Labute approximate surface area is 86.0 Å². The Hall–Kier alpha value is -0.0300. The van der Waals surface area contributed by atoms with Crippen molar-refractivity contribution < 1.29 is 4.42 Å². The number of benzene rings is 1. The Kier molecular flexibility index (Phi) is 1.93. The summed E-state index contributed by atoms with van der Waals surface area (Å²) < 4.78 is 7.39. The van der Waals surface area contributed by atoms with Gasteiger partial charge in [0.05, 0.1) is 4.47 Å². The topological polar surface area (TPSA) is 13.1 Å². The monoisotopic (exact) mass is 322 g/mol. The quantitative estimate of drug-likeness (QED) is 0.672. The zero-order valence-electron chi connectivity index (χ0n) is 5.47. The molecule has 11 heavy (non-hydrogen) atoms. The van der Waals surface area contributed by atoms with Gasteiger partial charge in [0, 0.05) is 28.0 Å². The van der Waals surface area contributed by atoms with Crippen LogP contribution >= 0.6 is 38.5 Å². The summed E-state index contributed by atoms with van der Waals surface area (Å²) in [6.07, 6.45) is 0. The second kappa shape index (κ2) is 2.79. The van der Waals surface area contributed by atoms with E-state index in [1.807, 2.05) is 24.3 Å². The molecule has 0 unspecified atom stereocenters. The Morgan fingerprint density at radius 2 is 2.00 bits per heavy atom. The van der Waals surface area contributed by atoms with Gasteiger partial charge < -0.3 is 4.42 Å². The Morgan fingerprint density at radius 1 is 1.27 bits per heavy atom. The molecule has 0 amide bonds. The van der Waals surface area contributed by atoms with E-state index >= 15 is 0 Å². The maximum absolute atomic E-state index is 5.44. The number of fused-ring (bicyclic) bond motifs is 1. The second-order valence-electron chi connectivity index (χ2n) is 2.19. The number of hydrogen-bond donors (Lipinski definition) is 0. The van der Waals surface area contributed by atoms with Crippen molar-refractivity contribution in [3.05, 3.63) is 32.5 Å². The van der Waals surface area contributed by atoms with Crippen molar-refractivity contribution >= 4 is 49.5 Å². The lowest BCUT2D eigenvalue weighted by Gasteiger charge is -1.83. The van der Waals surface area contributed by atoms with Gasteiger partial charge in [-0.1, -0.05) is 12.1 Å². The highest BCUT2D eigenvalue weighted by Gasteiger charge is 2.06. The molecule has 1 nitrogen and oxygen atoms in total. The SMILES string of the molecule is Brc1c(I)oc2ccccc12. The third kappa shape index (κ3) is 1.20. The molecule has 0 fully saturated rings. The van der Waals surface area contributed by atoms with Crippen LogP contribution in [0.2, 0.25) is 0 Å². The summed E-state index contributed by atoms with van der Waals surface area (Å²) in [4.78, 5) is 0. The van der Waals surface area contributed by atoms with Crippen LogP contribution in [0.1, 0.15) is 0 Å². The first-order valence-corrected chi connectivity index (χ1v) is 4.99. The number of para-hydroxylation sites is 1. The summed E-state index contributed by atoms with van der Waals surface area (Å²) in [5, 5.41) is 1.14. The average molecular weight is 323 g/mol. The van der Waals surface area contributed by atoms with Crippen molar-refractivity contribution in [2.45, 2.75) is 0 Å². The van der Waals surface area contributed by atoms with Crippen molar-refractivity contribution in [2.24, 2.45) is 0 Å². The molecular formula is C8H4BrIO. The Bertz CT molecular complexity index is 394. The summed E-state index contributed by atoms with van der Waals surface area (Å²) in [5.74, 6) is 0. The van der Waals surface area contributed by atoms with E-state index in [1.165, 1.54) is 0 Å². The van der Waals surface area contributed by atoms with Gasteiger partial charge in [-0.05, 0) is 28.1 Å². The number of furan rings is 1. The molecule has 1 heterocycles. The van der Waals surface area contributed by atoms with Gasteiger partial charge in [-0.3, -0.25) is 0 Å². The normalized spacial score (nSPS) is 10.7. The van der Waals surface area contributed by atoms with E-state index in [0.717, 1.165) is 19.2 Å². The smallest absolute Gasteiger partial charge is 0.179 e. The van der Waals surface area contributed by atoms with Gasteiger partial charge in [0.1, 0.15) is 5.58 Å². The highest BCUT2D eigenvalue weighted by molar-refractivity contribution is 14.1. The van der Waals surface area contributed by atoms with Gasteiger partial charge in [-0.2, -0.15) is 0 Å². The van der Waals surface area contributed by atoms with Gasteiger partial charge >= 0.3 is 0 Å².